The van der Waals surface area contributed by atoms with Crippen molar-refractivity contribution in [2.75, 3.05) is 25.2 Å². The quantitative estimate of drug-likeness (QED) is 0.643. The van der Waals surface area contributed by atoms with Gasteiger partial charge in [-0.2, -0.15) is 5.26 Å². The normalized spacial score (nSPS) is 15.1. The average Bonchev–Trinajstić information content (AvgIpc) is 3.15. The van der Waals surface area contributed by atoms with Crippen molar-refractivity contribution in [2.45, 2.75) is 32.6 Å². The Bertz CT molecular complexity index is 931. The third kappa shape index (κ3) is 4.96. The SMILES string of the molecule is COc1ccccc1N(CCC#N)C(=O)COC(=O)c1cc2c(s1)CC[C@@H](C)C2. The molecule has 1 atom stereocenters. The Labute approximate surface area is 174 Å². The summed E-state index contributed by atoms with van der Waals surface area (Å²) in [5.74, 6) is 0.265. The molecule has 0 saturated carbocycles. The van der Waals surface area contributed by atoms with Crippen molar-refractivity contribution in [1.82, 2.24) is 0 Å². The third-order valence-corrected chi connectivity index (χ3v) is 6.20. The largest absolute Gasteiger partial charge is 0.495 e. The molecule has 1 aromatic heterocycles. The first kappa shape index (κ1) is 20.9. The van der Waals surface area contributed by atoms with E-state index in [1.165, 1.54) is 33.8 Å². The molecule has 0 N–H and O–H groups in total. The molecule has 0 radical (unpaired) electrons. The lowest BCUT2D eigenvalue weighted by Crippen LogP contribution is -2.35. The topological polar surface area (TPSA) is 79.6 Å². The maximum atomic E-state index is 12.8. The monoisotopic (exact) mass is 412 g/mol. The number of nitrogens with zero attached hydrogens (tertiary/aromatic N) is 2. The van der Waals surface area contributed by atoms with Gasteiger partial charge < -0.3 is 14.4 Å². The Kier molecular flexibility index (Phi) is 6.89. The molecule has 152 valence electrons. The van der Waals surface area contributed by atoms with Gasteiger partial charge in [0, 0.05) is 11.4 Å². The van der Waals surface area contributed by atoms with Crippen molar-refractivity contribution >= 4 is 28.9 Å². The molecular formula is C22H24N2O4S. The zero-order valence-corrected chi connectivity index (χ0v) is 17.5. The molecule has 0 bridgehead atoms. The van der Waals surface area contributed by atoms with Gasteiger partial charge in [0.15, 0.2) is 6.61 Å². The van der Waals surface area contributed by atoms with Crippen molar-refractivity contribution < 1.29 is 19.1 Å². The van der Waals surface area contributed by atoms with Crippen LogP contribution < -0.4 is 9.64 Å². The molecule has 1 amide bonds. The van der Waals surface area contributed by atoms with E-state index in [1.54, 1.807) is 24.3 Å². The summed E-state index contributed by atoms with van der Waals surface area (Å²) in [6.45, 7) is 2.02. The van der Waals surface area contributed by atoms with E-state index in [-0.39, 0.29) is 19.6 Å². The molecule has 29 heavy (non-hydrogen) atoms. The van der Waals surface area contributed by atoms with Gasteiger partial charge in [-0.1, -0.05) is 19.1 Å². The van der Waals surface area contributed by atoms with Crippen molar-refractivity contribution in [3.8, 4) is 11.8 Å². The Morgan fingerprint density at radius 3 is 2.90 bits per heavy atom. The van der Waals surface area contributed by atoms with E-state index < -0.39 is 11.9 Å². The summed E-state index contributed by atoms with van der Waals surface area (Å²) in [6.07, 6.45) is 3.26. The van der Waals surface area contributed by atoms with E-state index in [9.17, 15) is 9.59 Å². The lowest BCUT2D eigenvalue weighted by atomic mass is 9.90. The number of carbonyl (C=O) groups is 2. The van der Waals surface area contributed by atoms with Crippen molar-refractivity contribution in [1.29, 1.82) is 5.26 Å². The number of rotatable bonds is 7. The second kappa shape index (κ2) is 9.57. The number of benzene rings is 1. The van der Waals surface area contributed by atoms with Gasteiger partial charge in [-0.15, -0.1) is 11.3 Å². The number of anilines is 1. The number of ether oxygens (including phenoxy) is 2. The van der Waals surface area contributed by atoms with Gasteiger partial charge in [0.2, 0.25) is 0 Å². The number of thiophene rings is 1. The molecule has 1 aliphatic carbocycles. The minimum atomic E-state index is -0.481. The summed E-state index contributed by atoms with van der Waals surface area (Å²) < 4.78 is 10.6. The standard InChI is InChI=1S/C22H24N2O4S/c1-15-8-9-19-16(12-15)13-20(29-19)22(26)28-14-21(25)24(11-5-10-23)17-6-3-4-7-18(17)27-2/h3-4,6-7,13,15H,5,8-9,11-12,14H2,1-2H3/t15-/m1/s1. The second-order valence-corrected chi connectivity index (χ2v) is 8.25. The molecule has 6 nitrogen and oxygen atoms in total. The molecule has 0 unspecified atom stereocenters. The van der Waals surface area contributed by atoms with Gasteiger partial charge in [0.25, 0.3) is 5.91 Å². The summed E-state index contributed by atoms with van der Waals surface area (Å²) in [7, 11) is 1.52. The summed E-state index contributed by atoms with van der Waals surface area (Å²) in [4.78, 5) is 28.5. The molecule has 0 fully saturated rings. The summed E-state index contributed by atoms with van der Waals surface area (Å²) in [5.41, 5.74) is 1.77. The minimum Gasteiger partial charge on any atom is -0.495 e. The van der Waals surface area contributed by atoms with Crippen LogP contribution in [0.1, 0.15) is 39.9 Å². The minimum absolute atomic E-state index is 0.160. The van der Waals surface area contributed by atoms with Gasteiger partial charge in [-0.3, -0.25) is 4.79 Å². The number of fused-ring (bicyclic) bond motifs is 1. The third-order valence-electron chi connectivity index (χ3n) is 4.98. The highest BCUT2D eigenvalue weighted by molar-refractivity contribution is 7.14. The number of carbonyl (C=O) groups excluding carboxylic acids is 2. The van der Waals surface area contributed by atoms with Gasteiger partial charge in [-0.05, 0) is 48.9 Å². The highest BCUT2D eigenvalue weighted by Crippen LogP contribution is 2.32. The number of nitriles is 1. The van der Waals surface area contributed by atoms with Crippen LogP contribution in [-0.4, -0.2) is 32.1 Å². The maximum absolute atomic E-state index is 12.8. The van der Waals surface area contributed by atoms with Crippen LogP contribution in [0.25, 0.3) is 0 Å². The molecule has 1 heterocycles. The van der Waals surface area contributed by atoms with E-state index in [0.717, 1.165) is 19.3 Å². The molecule has 0 saturated heterocycles. The van der Waals surface area contributed by atoms with Crippen molar-refractivity contribution in [3.05, 3.63) is 45.6 Å². The van der Waals surface area contributed by atoms with Crippen LogP contribution in [0, 0.1) is 17.2 Å². The fourth-order valence-corrected chi connectivity index (χ4v) is 4.58. The number of esters is 1. The van der Waals surface area contributed by atoms with Gasteiger partial charge in [0.1, 0.15) is 10.6 Å². The zero-order chi connectivity index (χ0) is 20.8. The predicted octanol–water partition coefficient (Wildman–Crippen LogP) is 3.99. The molecule has 3 rings (SSSR count). The Morgan fingerprint density at radius 1 is 1.34 bits per heavy atom. The fourth-order valence-electron chi connectivity index (χ4n) is 3.48. The highest BCUT2D eigenvalue weighted by Gasteiger charge is 2.24. The Balaban J connectivity index is 1.68. The average molecular weight is 413 g/mol. The Hall–Kier alpha value is -2.85. The highest BCUT2D eigenvalue weighted by atomic mass is 32.1. The molecule has 1 aliphatic rings. The zero-order valence-electron chi connectivity index (χ0n) is 16.6. The first-order chi connectivity index (χ1) is 14.0. The molecular weight excluding hydrogens is 388 g/mol. The van der Waals surface area contributed by atoms with Gasteiger partial charge in [0.05, 0.1) is 25.3 Å². The van der Waals surface area contributed by atoms with Crippen LogP contribution in [0.5, 0.6) is 5.75 Å². The first-order valence-corrected chi connectivity index (χ1v) is 10.4. The van der Waals surface area contributed by atoms with E-state index >= 15 is 0 Å². The predicted molar refractivity (Wildman–Crippen MR) is 111 cm³/mol. The van der Waals surface area contributed by atoms with E-state index in [1.807, 2.05) is 12.1 Å². The van der Waals surface area contributed by atoms with E-state index in [4.69, 9.17) is 14.7 Å². The molecule has 0 aliphatic heterocycles. The number of aryl methyl sites for hydroxylation is 1. The summed E-state index contributed by atoms with van der Waals surface area (Å²) in [6, 6.07) is 11.0. The van der Waals surface area contributed by atoms with Crippen LogP contribution in [-0.2, 0) is 22.4 Å². The first-order valence-electron chi connectivity index (χ1n) is 9.62. The second-order valence-electron chi connectivity index (χ2n) is 7.11. The smallest absolute Gasteiger partial charge is 0.348 e. The number of hydrogen-bond donors (Lipinski definition) is 0. The van der Waals surface area contributed by atoms with Gasteiger partial charge >= 0.3 is 5.97 Å². The Morgan fingerprint density at radius 2 is 2.14 bits per heavy atom. The van der Waals surface area contributed by atoms with E-state index in [0.29, 0.717) is 22.2 Å². The summed E-state index contributed by atoms with van der Waals surface area (Å²) >= 11 is 1.46. The molecule has 0 spiro atoms. The summed E-state index contributed by atoms with van der Waals surface area (Å²) in [5, 5.41) is 8.93. The number of amides is 1. The number of hydrogen-bond acceptors (Lipinski definition) is 6. The molecule has 1 aromatic carbocycles. The van der Waals surface area contributed by atoms with Crippen molar-refractivity contribution in [2.24, 2.45) is 5.92 Å². The van der Waals surface area contributed by atoms with Crippen LogP contribution in [0.2, 0.25) is 0 Å². The number of methoxy groups -OCH3 is 1. The number of para-hydroxylation sites is 2. The molecule has 7 heteroatoms. The van der Waals surface area contributed by atoms with Crippen LogP contribution >= 0.6 is 11.3 Å². The van der Waals surface area contributed by atoms with Crippen LogP contribution in [0.15, 0.2) is 30.3 Å². The lowest BCUT2D eigenvalue weighted by Gasteiger charge is -2.23. The fraction of sp³-hybridized carbons (Fsp3) is 0.409. The van der Waals surface area contributed by atoms with Crippen LogP contribution in [0.3, 0.4) is 0 Å². The molecule has 2 aromatic rings. The van der Waals surface area contributed by atoms with E-state index in [2.05, 4.69) is 6.92 Å². The van der Waals surface area contributed by atoms with Crippen LogP contribution in [0.4, 0.5) is 5.69 Å². The lowest BCUT2D eigenvalue weighted by molar-refractivity contribution is -0.121. The maximum Gasteiger partial charge on any atom is 0.348 e. The van der Waals surface area contributed by atoms with Gasteiger partial charge in [-0.25, -0.2) is 4.79 Å². The van der Waals surface area contributed by atoms with Crippen molar-refractivity contribution in [3.63, 3.8) is 0 Å².